The Morgan fingerprint density at radius 2 is 1.83 bits per heavy atom. The molecule has 7 nitrogen and oxygen atoms in total. The van der Waals surface area contributed by atoms with Gasteiger partial charge in [-0.2, -0.15) is 18.2 Å². The molecule has 0 spiro atoms. The first-order chi connectivity index (χ1) is 13.7. The van der Waals surface area contributed by atoms with Crippen molar-refractivity contribution < 1.29 is 30.8 Å². The second kappa shape index (κ2) is 7.95. The van der Waals surface area contributed by atoms with Crippen LogP contribution in [0.25, 0.3) is 12.2 Å². The van der Waals surface area contributed by atoms with E-state index in [4.69, 9.17) is 4.74 Å². The maximum atomic E-state index is 12.6. The second-order valence-electron chi connectivity index (χ2n) is 5.70. The van der Waals surface area contributed by atoms with Crippen molar-refractivity contribution >= 4 is 27.9 Å². The number of rotatable bonds is 6. The lowest BCUT2D eigenvalue weighted by atomic mass is 10.2. The Kier molecular flexibility index (Phi) is 5.59. The number of sulfonamides is 1. The molecule has 0 aliphatic carbocycles. The normalized spacial score (nSPS) is 12.3. The van der Waals surface area contributed by atoms with Crippen LogP contribution in [0.1, 0.15) is 17.3 Å². The summed E-state index contributed by atoms with van der Waals surface area (Å²) in [6, 6.07) is 12.1. The first-order valence-corrected chi connectivity index (χ1v) is 9.52. The molecule has 11 heteroatoms. The number of nitrogens with zero attached hydrogens (tertiary/aromatic N) is 2. The molecule has 3 aromatic rings. The smallest absolute Gasteiger partial charge is 0.471 e. The highest BCUT2D eigenvalue weighted by molar-refractivity contribution is 7.92. The Bertz CT molecular complexity index is 1120. The summed E-state index contributed by atoms with van der Waals surface area (Å²) in [7, 11) is -2.38. The van der Waals surface area contributed by atoms with Crippen molar-refractivity contribution in [1.82, 2.24) is 10.1 Å². The van der Waals surface area contributed by atoms with E-state index in [1.54, 1.807) is 30.3 Å². The molecule has 2 aromatic carbocycles. The van der Waals surface area contributed by atoms with Crippen LogP contribution in [0.2, 0.25) is 0 Å². The molecule has 29 heavy (non-hydrogen) atoms. The highest BCUT2D eigenvalue weighted by Gasteiger charge is 2.38. The number of methoxy groups -OCH3 is 1. The van der Waals surface area contributed by atoms with E-state index in [1.165, 1.54) is 37.5 Å². The Hall–Kier alpha value is -3.34. The Labute approximate surface area is 163 Å². The SMILES string of the molecule is COc1ccc(NS(=O)(=O)c2cccc(/C=C/c3noc(C(F)(F)F)n3)c2)cc1. The van der Waals surface area contributed by atoms with E-state index in [0.717, 1.165) is 0 Å². The topological polar surface area (TPSA) is 94.3 Å². The molecule has 0 saturated heterocycles. The molecule has 0 unspecified atom stereocenters. The van der Waals surface area contributed by atoms with Crippen molar-refractivity contribution in [2.75, 3.05) is 11.8 Å². The summed E-state index contributed by atoms with van der Waals surface area (Å²) in [6.45, 7) is 0. The molecule has 152 valence electrons. The molecule has 0 aliphatic heterocycles. The third-order valence-electron chi connectivity index (χ3n) is 3.62. The third-order valence-corrected chi connectivity index (χ3v) is 5.00. The van der Waals surface area contributed by atoms with Crippen molar-refractivity contribution in [1.29, 1.82) is 0 Å². The van der Waals surface area contributed by atoms with Gasteiger partial charge in [0.05, 0.1) is 12.0 Å². The maximum absolute atomic E-state index is 12.6. The van der Waals surface area contributed by atoms with Crippen LogP contribution in [0, 0.1) is 0 Å². The van der Waals surface area contributed by atoms with Gasteiger partial charge in [-0.25, -0.2) is 8.42 Å². The minimum Gasteiger partial charge on any atom is -0.497 e. The standard InChI is InChI=1S/C18H14F3N3O4S/c1-27-14-8-6-13(7-9-14)24-29(25,26)15-4-2-3-12(11-15)5-10-16-22-17(28-23-16)18(19,20)21/h2-11,24H,1H3/b10-5+. The first kappa shape index (κ1) is 20.4. The number of halogens is 3. The molecule has 1 N–H and O–H groups in total. The molecular formula is C18H14F3N3O4S. The fourth-order valence-corrected chi connectivity index (χ4v) is 3.36. The van der Waals surface area contributed by atoms with Gasteiger partial charge in [-0.3, -0.25) is 4.72 Å². The molecule has 0 saturated carbocycles. The van der Waals surface area contributed by atoms with Crippen LogP contribution in [0.4, 0.5) is 18.9 Å². The van der Waals surface area contributed by atoms with E-state index in [9.17, 15) is 21.6 Å². The Balaban J connectivity index is 1.78. The number of hydrogen-bond acceptors (Lipinski definition) is 6. The third kappa shape index (κ3) is 5.13. The van der Waals surface area contributed by atoms with Gasteiger partial charge in [-0.05, 0) is 48.0 Å². The van der Waals surface area contributed by atoms with Crippen molar-refractivity contribution in [3.05, 3.63) is 65.8 Å². The van der Waals surface area contributed by atoms with E-state index in [2.05, 4.69) is 19.4 Å². The van der Waals surface area contributed by atoms with Gasteiger partial charge in [0.2, 0.25) is 0 Å². The molecule has 0 amide bonds. The summed E-state index contributed by atoms with van der Waals surface area (Å²) in [5, 5.41) is 3.21. The number of benzene rings is 2. The Morgan fingerprint density at radius 3 is 2.45 bits per heavy atom. The van der Waals surface area contributed by atoms with Crippen LogP contribution < -0.4 is 9.46 Å². The second-order valence-corrected chi connectivity index (χ2v) is 7.38. The van der Waals surface area contributed by atoms with Gasteiger partial charge in [0.15, 0.2) is 5.82 Å². The predicted molar refractivity (Wildman–Crippen MR) is 98.5 cm³/mol. The zero-order valence-electron chi connectivity index (χ0n) is 14.8. The van der Waals surface area contributed by atoms with E-state index >= 15 is 0 Å². The number of ether oxygens (including phenoxy) is 1. The quantitative estimate of drug-likeness (QED) is 0.640. The summed E-state index contributed by atoms with van der Waals surface area (Å²) in [5.41, 5.74) is 0.763. The lowest BCUT2D eigenvalue weighted by Crippen LogP contribution is -2.12. The van der Waals surface area contributed by atoms with Crippen molar-refractivity contribution in [2.24, 2.45) is 0 Å². The average Bonchev–Trinajstić information content (AvgIpc) is 3.17. The minimum atomic E-state index is -4.74. The van der Waals surface area contributed by atoms with E-state index in [1.807, 2.05) is 0 Å². The zero-order chi connectivity index (χ0) is 21.1. The highest BCUT2D eigenvalue weighted by Crippen LogP contribution is 2.27. The van der Waals surface area contributed by atoms with E-state index < -0.39 is 22.1 Å². The lowest BCUT2D eigenvalue weighted by molar-refractivity contribution is -0.159. The van der Waals surface area contributed by atoms with Gasteiger partial charge in [-0.15, -0.1) is 0 Å². The van der Waals surface area contributed by atoms with Gasteiger partial charge in [0.25, 0.3) is 10.0 Å². The summed E-state index contributed by atoms with van der Waals surface area (Å²) in [6.07, 6.45) is -2.18. The summed E-state index contributed by atoms with van der Waals surface area (Å²) in [5.74, 6) is -1.17. The van der Waals surface area contributed by atoms with Gasteiger partial charge in [-0.1, -0.05) is 23.4 Å². The summed E-state index contributed by atoms with van der Waals surface area (Å²) >= 11 is 0. The van der Waals surface area contributed by atoms with Gasteiger partial charge < -0.3 is 9.26 Å². The van der Waals surface area contributed by atoms with Gasteiger partial charge >= 0.3 is 12.1 Å². The van der Waals surface area contributed by atoms with Crippen LogP contribution in [0.15, 0.2) is 57.9 Å². The van der Waals surface area contributed by atoms with Crippen molar-refractivity contribution in [3.8, 4) is 5.75 Å². The van der Waals surface area contributed by atoms with Gasteiger partial charge in [0, 0.05) is 5.69 Å². The fourth-order valence-electron chi connectivity index (χ4n) is 2.25. The summed E-state index contributed by atoms with van der Waals surface area (Å²) < 4.78 is 74.1. The number of alkyl halides is 3. The predicted octanol–water partition coefficient (Wildman–Crippen LogP) is 4.07. The van der Waals surface area contributed by atoms with Crippen LogP contribution in [-0.2, 0) is 16.2 Å². The van der Waals surface area contributed by atoms with Crippen LogP contribution in [0.3, 0.4) is 0 Å². The summed E-state index contributed by atoms with van der Waals surface area (Å²) in [4.78, 5) is 3.18. The van der Waals surface area contributed by atoms with Crippen LogP contribution in [0.5, 0.6) is 5.75 Å². The largest absolute Gasteiger partial charge is 0.497 e. The zero-order valence-corrected chi connectivity index (χ0v) is 15.7. The first-order valence-electron chi connectivity index (χ1n) is 8.03. The molecule has 1 heterocycles. The van der Waals surface area contributed by atoms with Crippen LogP contribution >= 0.6 is 0 Å². The lowest BCUT2D eigenvalue weighted by Gasteiger charge is -2.09. The molecule has 0 radical (unpaired) electrons. The highest BCUT2D eigenvalue weighted by atomic mass is 32.2. The minimum absolute atomic E-state index is 0.0282. The van der Waals surface area contributed by atoms with Crippen LogP contribution in [-0.4, -0.2) is 25.7 Å². The molecule has 0 atom stereocenters. The van der Waals surface area contributed by atoms with Crippen molar-refractivity contribution in [2.45, 2.75) is 11.1 Å². The molecule has 3 rings (SSSR count). The monoisotopic (exact) mass is 425 g/mol. The molecule has 1 aromatic heterocycles. The number of nitrogens with one attached hydrogen (secondary N) is 1. The number of hydrogen-bond donors (Lipinski definition) is 1. The molecular weight excluding hydrogens is 411 g/mol. The maximum Gasteiger partial charge on any atom is 0.471 e. The number of aromatic nitrogens is 2. The molecule has 0 aliphatic rings. The van der Waals surface area contributed by atoms with E-state index in [0.29, 0.717) is 17.0 Å². The van der Waals surface area contributed by atoms with Crippen molar-refractivity contribution in [3.63, 3.8) is 0 Å². The Morgan fingerprint density at radius 1 is 1.10 bits per heavy atom. The molecule has 0 fully saturated rings. The number of anilines is 1. The average molecular weight is 425 g/mol. The fraction of sp³-hybridized carbons (Fsp3) is 0.111. The van der Waals surface area contributed by atoms with E-state index in [-0.39, 0.29) is 10.7 Å². The molecule has 0 bridgehead atoms. The van der Waals surface area contributed by atoms with Gasteiger partial charge in [0.1, 0.15) is 5.75 Å².